The smallest absolute Gasteiger partial charge is 0.329 e. The van der Waals surface area contributed by atoms with Crippen molar-refractivity contribution in [3.8, 4) is 0 Å². The van der Waals surface area contributed by atoms with E-state index in [4.69, 9.17) is 5.11 Å². The zero-order valence-electron chi connectivity index (χ0n) is 9.59. The summed E-state index contributed by atoms with van der Waals surface area (Å²) in [7, 11) is -0.897. The molecule has 3 amide bonds. The molecule has 1 rings (SSSR count). The van der Waals surface area contributed by atoms with Crippen molar-refractivity contribution >= 4 is 28.7 Å². The summed E-state index contributed by atoms with van der Waals surface area (Å²) in [6.45, 7) is -0.411. The molecule has 0 spiro atoms. The highest BCUT2D eigenvalue weighted by atomic mass is 32.2. The van der Waals surface area contributed by atoms with E-state index in [0.29, 0.717) is 24.6 Å². The van der Waals surface area contributed by atoms with Gasteiger partial charge < -0.3 is 14.7 Å². The maximum Gasteiger partial charge on any atom is 0.329 e. The lowest BCUT2D eigenvalue weighted by molar-refractivity contribution is -0.143. The lowest BCUT2D eigenvalue weighted by Crippen LogP contribution is -2.49. The monoisotopic (exact) mass is 278 g/mol. The van der Waals surface area contributed by atoms with Crippen LogP contribution in [0.2, 0.25) is 0 Å². The van der Waals surface area contributed by atoms with Crippen molar-refractivity contribution in [3.63, 3.8) is 0 Å². The highest BCUT2D eigenvalue weighted by molar-refractivity contribution is 7.85. The maximum absolute atomic E-state index is 11.5. The second-order valence-electron chi connectivity index (χ2n) is 3.57. The summed E-state index contributed by atoms with van der Waals surface area (Å²) in [6.07, 6.45) is 0. The van der Waals surface area contributed by atoms with Gasteiger partial charge >= 0.3 is 12.0 Å². The third kappa shape index (κ3) is 5.23. The molecule has 2 N–H and O–H groups in total. The molecule has 8 nitrogen and oxygen atoms in total. The Morgan fingerprint density at radius 1 is 1.22 bits per heavy atom. The number of carbonyl (C=O) groups is 3. The largest absolute Gasteiger partial charge is 0.480 e. The van der Waals surface area contributed by atoms with Crippen LogP contribution in [0.15, 0.2) is 0 Å². The molecule has 0 radical (unpaired) electrons. The number of amides is 3. The topological polar surface area (TPSA) is 113 Å². The van der Waals surface area contributed by atoms with E-state index >= 15 is 0 Å². The maximum atomic E-state index is 11.5. The molecule has 0 aromatic rings. The molecule has 18 heavy (non-hydrogen) atoms. The number of aliphatic carboxylic acids is 1. The van der Waals surface area contributed by atoms with Gasteiger partial charge in [-0.05, 0) is 0 Å². The summed E-state index contributed by atoms with van der Waals surface area (Å²) in [5.74, 6) is -1.09. The van der Waals surface area contributed by atoms with Crippen LogP contribution in [0.5, 0.6) is 0 Å². The third-order valence-electron chi connectivity index (χ3n) is 2.17. The fourth-order valence-corrected chi connectivity index (χ4v) is 2.36. The molecule has 0 bridgehead atoms. The second-order valence-corrected chi connectivity index (χ2v) is 5.27. The van der Waals surface area contributed by atoms with Crippen molar-refractivity contribution in [1.82, 2.24) is 10.2 Å². The fraction of sp³-hybridized carbons (Fsp3) is 0.667. The zero-order valence-corrected chi connectivity index (χ0v) is 10.4. The Balaban J connectivity index is 2.24. The molecular weight excluding hydrogens is 264 g/mol. The quantitative estimate of drug-likeness (QED) is 0.639. The van der Waals surface area contributed by atoms with Gasteiger partial charge in [0.25, 0.3) is 5.91 Å². The van der Waals surface area contributed by atoms with E-state index in [1.165, 1.54) is 4.90 Å². The third-order valence-corrected chi connectivity index (χ3v) is 3.45. The molecule has 1 heterocycles. The van der Waals surface area contributed by atoms with Crippen LogP contribution in [0.1, 0.15) is 0 Å². The first-order chi connectivity index (χ1) is 8.49. The highest BCUT2D eigenvalue weighted by Gasteiger charge is 2.21. The van der Waals surface area contributed by atoms with Crippen molar-refractivity contribution in [1.29, 1.82) is 0 Å². The minimum atomic E-state index is -1.19. The number of hydrogen-bond donors (Lipinski definition) is 2. The number of imide groups is 1. The van der Waals surface area contributed by atoms with Gasteiger partial charge in [-0.1, -0.05) is 0 Å². The molecule has 0 unspecified atom stereocenters. The molecule has 0 saturated carbocycles. The van der Waals surface area contributed by atoms with Gasteiger partial charge in [-0.25, -0.2) is 9.59 Å². The Morgan fingerprint density at radius 3 is 2.39 bits per heavy atom. The minimum Gasteiger partial charge on any atom is -0.480 e. The number of hydrogen-bond acceptors (Lipinski definition) is 5. The Labute approximate surface area is 106 Å². The van der Waals surface area contributed by atoms with Crippen LogP contribution in [0.4, 0.5) is 4.79 Å². The van der Waals surface area contributed by atoms with Crippen LogP contribution in [0.3, 0.4) is 0 Å². The van der Waals surface area contributed by atoms with Crippen LogP contribution < -0.4 is 5.32 Å². The van der Waals surface area contributed by atoms with Gasteiger partial charge in [0, 0.05) is 35.4 Å². The molecule has 0 atom stereocenters. The Bertz CT molecular complexity index is 362. The Hall–Kier alpha value is -1.48. The molecule has 1 aliphatic heterocycles. The molecule has 0 aromatic heterocycles. The highest BCUT2D eigenvalue weighted by Crippen LogP contribution is 1.99. The van der Waals surface area contributed by atoms with E-state index < -0.39 is 41.9 Å². The van der Waals surface area contributed by atoms with Gasteiger partial charge in [0.05, 0.1) is 0 Å². The normalized spacial score (nSPS) is 16.3. The van der Waals surface area contributed by atoms with Crippen molar-refractivity contribution in [2.75, 3.05) is 37.8 Å². The number of nitrogens with zero attached hydrogens (tertiary/aromatic N) is 1. The average molecular weight is 278 g/mol. The minimum absolute atomic E-state index is 0.335. The Morgan fingerprint density at radius 2 is 1.83 bits per heavy atom. The zero-order chi connectivity index (χ0) is 13.5. The standard InChI is InChI=1S/C9H14N2O6S/c12-7(5-17-6-8(13)14)10-9(15)11-1-3-18(16)4-2-11/h1-6H2,(H,13,14)(H,10,12,15). The number of carboxylic acids is 1. The van der Waals surface area contributed by atoms with Crippen molar-refractivity contribution < 1.29 is 28.4 Å². The average Bonchev–Trinajstić information content (AvgIpc) is 2.29. The van der Waals surface area contributed by atoms with Gasteiger partial charge in [-0.15, -0.1) is 0 Å². The van der Waals surface area contributed by atoms with Crippen molar-refractivity contribution in [3.05, 3.63) is 0 Å². The summed E-state index contributed by atoms with van der Waals surface area (Å²) in [5.41, 5.74) is 0. The number of nitrogens with one attached hydrogen (secondary N) is 1. The lowest BCUT2D eigenvalue weighted by Gasteiger charge is -2.25. The van der Waals surface area contributed by atoms with Gasteiger partial charge in [0.1, 0.15) is 13.2 Å². The molecule has 0 aliphatic carbocycles. The second kappa shape index (κ2) is 7.07. The summed E-state index contributed by atoms with van der Waals surface area (Å²) >= 11 is 0. The van der Waals surface area contributed by atoms with E-state index in [-0.39, 0.29) is 0 Å². The summed E-state index contributed by atoms with van der Waals surface area (Å²) < 4.78 is 15.6. The number of carboxylic acid groups (broad SMARTS) is 1. The number of rotatable bonds is 4. The number of carbonyl (C=O) groups excluding carboxylic acids is 2. The van der Waals surface area contributed by atoms with E-state index in [1.54, 1.807) is 0 Å². The molecule has 1 fully saturated rings. The molecular formula is C9H14N2O6S. The van der Waals surface area contributed by atoms with E-state index in [0.717, 1.165) is 0 Å². The van der Waals surface area contributed by atoms with Crippen molar-refractivity contribution in [2.24, 2.45) is 0 Å². The summed E-state index contributed by atoms with van der Waals surface area (Å²) in [4.78, 5) is 34.2. The number of urea groups is 1. The number of ether oxygens (including phenoxy) is 1. The van der Waals surface area contributed by atoms with Gasteiger partial charge in [0.15, 0.2) is 0 Å². The van der Waals surface area contributed by atoms with Crippen LogP contribution in [0.25, 0.3) is 0 Å². The van der Waals surface area contributed by atoms with Crippen LogP contribution in [0, 0.1) is 0 Å². The molecule has 0 aromatic carbocycles. The molecule has 1 aliphatic rings. The molecule has 1 saturated heterocycles. The molecule has 9 heteroatoms. The fourth-order valence-electron chi connectivity index (χ4n) is 1.31. The summed E-state index contributed by atoms with van der Waals surface area (Å²) in [5, 5.41) is 10.3. The van der Waals surface area contributed by atoms with E-state index in [1.807, 2.05) is 0 Å². The van der Waals surface area contributed by atoms with Crippen LogP contribution >= 0.6 is 0 Å². The predicted molar refractivity (Wildman–Crippen MR) is 61.4 cm³/mol. The van der Waals surface area contributed by atoms with Gasteiger partial charge in [-0.3, -0.25) is 14.3 Å². The van der Waals surface area contributed by atoms with Crippen molar-refractivity contribution in [2.45, 2.75) is 0 Å². The van der Waals surface area contributed by atoms with Gasteiger partial charge in [-0.2, -0.15) is 0 Å². The van der Waals surface area contributed by atoms with E-state index in [2.05, 4.69) is 10.1 Å². The first kappa shape index (κ1) is 14.6. The van der Waals surface area contributed by atoms with Crippen LogP contribution in [-0.2, 0) is 25.1 Å². The first-order valence-electron chi connectivity index (χ1n) is 5.22. The lowest BCUT2D eigenvalue weighted by atomic mass is 10.5. The Kier molecular flexibility index (Phi) is 5.72. The first-order valence-corrected chi connectivity index (χ1v) is 6.71. The predicted octanol–water partition coefficient (Wildman–Crippen LogP) is -1.61. The van der Waals surface area contributed by atoms with Gasteiger partial charge in [0.2, 0.25) is 0 Å². The van der Waals surface area contributed by atoms with E-state index in [9.17, 15) is 18.6 Å². The SMILES string of the molecule is O=C(O)COCC(=O)NC(=O)N1CCS(=O)CC1. The summed E-state index contributed by atoms with van der Waals surface area (Å²) in [6, 6.07) is -0.573. The molecule has 102 valence electrons. The van der Waals surface area contributed by atoms with Crippen LogP contribution in [-0.4, -0.2) is 69.9 Å².